The molecule has 0 radical (unpaired) electrons. The smallest absolute Gasteiger partial charge is 0.335 e. The molecule has 6 rings (SSSR count). The van der Waals surface area contributed by atoms with Gasteiger partial charge in [0.15, 0.2) is 0 Å². The van der Waals surface area contributed by atoms with Crippen molar-refractivity contribution < 1.29 is 19.3 Å². The topological polar surface area (TPSA) is 103 Å². The molecule has 0 amide bonds. The van der Waals surface area contributed by atoms with E-state index >= 15 is 0 Å². The van der Waals surface area contributed by atoms with Gasteiger partial charge in [-0.05, 0) is 76.0 Å². The molecule has 0 fully saturated rings. The first-order chi connectivity index (χ1) is 17.1. The van der Waals surface area contributed by atoms with E-state index in [1.807, 2.05) is 65.4 Å². The molecule has 8 nitrogen and oxygen atoms in total. The molecule has 0 saturated carbocycles. The second kappa shape index (κ2) is 8.11. The van der Waals surface area contributed by atoms with Crippen LogP contribution in [0.2, 0.25) is 0 Å². The molecule has 8 heteroatoms. The Balaban J connectivity index is 1.57. The lowest BCUT2D eigenvalue weighted by molar-refractivity contribution is 0.0697. The number of hydrogen-bond acceptors (Lipinski definition) is 6. The predicted molar refractivity (Wildman–Crippen MR) is 131 cm³/mol. The van der Waals surface area contributed by atoms with E-state index in [2.05, 4.69) is 10.3 Å². The molecule has 6 aromatic rings. The van der Waals surface area contributed by atoms with Crippen LogP contribution >= 0.6 is 0 Å². The molecule has 3 aromatic carbocycles. The van der Waals surface area contributed by atoms with E-state index in [1.54, 1.807) is 31.5 Å². The van der Waals surface area contributed by atoms with Crippen LogP contribution in [0.25, 0.3) is 50.0 Å². The van der Waals surface area contributed by atoms with Gasteiger partial charge >= 0.3 is 5.97 Å². The average Bonchev–Trinajstić information content (AvgIpc) is 3.52. The van der Waals surface area contributed by atoms with Gasteiger partial charge in [-0.1, -0.05) is 18.2 Å². The van der Waals surface area contributed by atoms with Crippen molar-refractivity contribution in [2.45, 2.75) is 0 Å². The van der Waals surface area contributed by atoms with Gasteiger partial charge in [-0.3, -0.25) is 0 Å². The molecule has 0 saturated heterocycles. The van der Waals surface area contributed by atoms with Gasteiger partial charge in [0, 0.05) is 34.6 Å². The van der Waals surface area contributed by atoms with Crippen molar-refractivity contribution in [3.63, 3.8) is 0 Å². The Morgan fingerprint density at radius 3 is 2.54 bits per heavy atom. The molecule has 0 unspecified atom stereocenters. The molecule has 170 valence electrons. The van der Waals surface area contributed by atoms with Crippen LogP contribution in [-0.2, 0) is 0 Å². The fourth-order valence-corrected chi connectivity index (χ4v) is 4.22. The first-order valence-electron chi connectivity index (χ1n) is 10.8. The van der Waals surface area contributed by atoms with Gasteiger partial charge in [-0.2, -0.15) is 0 Å². The number of rotatable bonds is 5. The van der Waals surface area contributed by atoms with Crippen LogP contribution < -0.4 is 4.74 Å². The molecule has 3 heterocycles. The van der Waals surface area contributed by atoms with Gasteiger partial charge in [0.2, 0.25) is 0 Å². The van der Waals surface area contributed by atoms with Crippen molar-refractivity contribution in [1.29, 1.82) is 0 Å². The van der Waals surface area contributed by atoms with Crippen LogP contribution in [0.15, 0.2) is 89.8 Å². The summed E-state index contributed by atoms with van der Waals surface area (Å²) in [5.41, 5.74) is 6.73. The lowest BCUT2D eigenvalue weighted by Crippen LogP contribution is -1.96. The number of aromatic nitrogens is 4. The summed E-state index contributed by atoms with van der Waals surface area (Å²) in [5, 5.41) is 18.2. The Hall–Kier alpha value is -4.98. The van der Waals surface area contributed by atoms with E-state index in [0.717, 1.165) is 44.7 Å². The number of carboxylic acids is 1. The summed E-state index contributed by atoms with van der Waals surface area (Å²) in [6.45, 7) is 0. The van der Waals surface area contributed by atoms with Crippen molar-refractivity contribution in [3.8, 4) is 33.7 Å². The van der Waals surface area contributed by atoms with Crippen molar-refractivity contribution in [2.24, 2.45) is 0 Å². The van der Waals surface area contributed by atoms with Crippen LogP contribution in [0, 0.1) is 0 Å². The lowest BCUT2D eigenvalue weighted by atomic mass is 10.0. The average molecular weight is 462 g/mol. The Bertz CT molecular complexity index is 1720. The van der Waals surface area contributed by atoms with Gasteiger partial charge < -0.3 is 14.4 Å². The first kappa shape index (κ1) is 20.6. The highest BCUT2D eigenvalue weighted by molar-refractivity contribution is 5.99. The number of carbonyl (C=O) groups is 1. The number of fused-ring (bicyclic) bond motifs is 2. The van der Waals surface area contributed by atoms with Crippen LogP contribution in [0.3, 0.4) is 0 Å². The molecular formula is C27H18N4O4. The molecule has 0 aliphatic rings. The normalized spacial score (nSPS) is 11.2. The third-order valence-electron chi connectivity index (χ3n) is 6.00. The number of nitrogens with zero attached hydrogens (tertiary/aromatic N) is 4. The van der Waals surface area contributed by atoms with Crippen LogP contribution in [-0.4, -0.2) is 38.1 Å². The molecular weight excluding hydrogens is 444 g/mol. The Morgan fingerprint density at radius 2 is 1.74 bits per heavy atom. The minimum Gasteiger partial charge on any atom is -0.497 e. The number of aromatic carboxylic acids is 1. The largest absolute Gasteiger partial charge is 0.497 e. The quantitative estimate of drug-likeness (QED) is 0.355. The van der Waals surface area contributed by atoms with Crippen molar-refractivity contribution in [2.75, 3.05) is 7.11 Å². The molecule has 0 aliphatic heterocycles. The van der Waals surface area contributed by atoms with Gasteiger partial charge in [0.05, 0.1) is 12.7 Å². The molecule has 35 heavy (non-hydrogen) atoms. The second-order valence-electron chi connectivity index (χ2n) is 8.06. The number of pyridine rings is 1. The van der Waals surface area contributed by atoms with Gasteiger partial charge in [-0.15, -0.1) is 0 Å². The number of hydrogen-bond donors (Lipinski definition) is 1. The van der Waals surface area contributed by atoms with E-state index in [0.29, 0.717) is 11.0 Å². The summed E-state index contributed by atoms with van der Waals surface area (Å²) in [4.78, 5) is 16.3. The van der Waals surface area contributed by atoms with Crippen molar-refractivity contribution >= 4 is 28.0 Å². The minimum absolute atomic E-state index is 0.225. The van der Waals surface area contributed by atoms with E-state index in [9.17, 15) is 9.90 Å². The number of ether oxygens (including phenoxy) is 1. The summed E-state index contributed by atoms with van der Waals surface area (Å²) < 4.78 is 12.2. The third-order valence-corrected chi connectivity index (χ3v) is 6.00. The summed E-state index contributed by atoms with van der Waals surface area (Å²) >= 11 is 0. The Kier molecular flexibility index (Phi) is 4.77. The monoisotopic (exact) mass is 462 g/mol. The van der Waals surface area contributed by atoms with Crippen molar-refractivity contribution in [1.82, 2.24) is 19.9 Å². The van der Waals surface area contributed by atoms with E-state index < -0.39 is 5.97 Å². The van der Waals surface area contributed by atoms with Gasteiger partial charge in [0.1, 0.15) is 22.4 Å². The van der Waals surface area contributed by atoms with Crippen molar-refractivity contribution in [3.05, 3.63) is 90.8 Å². The van der Waals surface area contributed by atoms with Crippen LogP contribution in [0.4, 0.5) is 0 Å². The summed E-state index contributed by atoms with van der Waals surface area (Å²) in [7, 11) is 1.63. The van der Waals surface area contributed by atoms with Gasteiger partial charge in [0.25, 0.3) is 0 Å². The Morgan fingerprint density at radius 1 is 0.914 bits per heavy atom. The predicted octanol–water partition coefficient (Wildman–Crippen LogP) is 5.60. The Labute approximate surface area is 199 Å². The summed E-state index contributed by atoms with van der Waals surface area (Å²) in [6, 6.07) is 22.4. The second-order valence-corrected chi connectivity index (χ2v) is 8.06. The SMILES string of the molecule is COc1ccc(-n2cc(-c3ccc4nonc4c3)c3cc(-c4cccc(C(=O)O)c4)cnc32)cc1. The molecule has 0 aliphatic carbocycles. The number of benzene rings is 3. The van der Waals surface area contributed by atoms with Crippen LogP contribution in [0.1, 0.15) is 10.4 Å². The van der Waals surface area contributed by atoms with Gasteiger partial charge in [-0.25, -0.2) is 14.4 Å². The fourth-order valence-electron chi connectivity index (χ4n) is 4.22. The summed E-state index contributed by atoms with van der Waals surface area (Å²) in [6.07, 6.45) is 3.80. The summed E-state index contributed by atoms with van der Waals surface area (Å²) in [5.74, 6) is -0.204. The first-order valence-corrected chi connectivity index (χ1v) is 10.8. The number of carboxylic acid groups (broad SMARTS) is 1. The highest BCUT2D eigenvalue weighted by Crippen LogP contribution is 2.35. The maximum absolute atomic E-state index is 11.5. The van der Waals surface area contributed by atoms with E-state index in [1.165, 1.54) is 0 Å². The zero-order chi connectivity index (χ0) is 23.9. The van der Waals surface area contributed by atoms with E-state index in [4.69, 9.17) is 14.3 Å². The zero-order valence-electron chi connectivity index (χ0n) is 18.5. The minimum atomic E-state index is -0.971. The molecule has 3 aromatic heterocycles. The van der Waals surface area contributed by atoms with Crippen LogP contribution in [0.5, 0.6) is 5.75 Å². The standard InChI is InChI=1S/C27H18N4O4/c1-34-21-8-6-20(7-9-21)31-15-23(17-5-10-24-25(13-17)30-35-29-24)22-12-19(14-28-26(22)31)16-3-2-4-18(11-16)27(32)33/h2-15H,1H3,(H,32,33). The highest BCUT2D eigenvalue weighted by atomic mass is 16.6. The molecule has 0 spiro atoms. The third kappa shape index (κ3) is 3.57. The maximum atomic E-state index is 11.5. The highest BCUT2D eigenvalue weighted by Gasteiger charge is 2.16. The number of methoxy groups -OCH3 is 1. The fraction of sp³-hybridized carbons (Fsp3) is 0.0370. The molecule has 0 bridgehead atoms. The molecule has 0 atom stereocenters. The van der Waals surface area contributed by atoms with E-state index in [-0.39, 0.29) is 5.56 Å². The zero-order valence-corrected chi connectivity index (χ0v) is 18.5. The maximum Gasteiger partial charge on any atom is 0.335 e. The lowest BCUT2D eigenvalue weighted by Gasteiger charge is -2.07. The molecule has 1 N–H and O–H groups in total.